The maximum Gasteiger partial charge on any atom is 0.292 e. The van der Waals surface area contributed by atoms with E-state index in [9.17, 15) is 17.6 Å². The van der Waals surface area contributed by atoms with Crippen LogP contribution in [0.5, 0.6) is 11.5 Å². The molecule has 0 unspecified atom stereocenters. The lowest BCUT2D eigenvalue weighted by Crippen LogP contribution is -2.31. The van der Waals surface area contributed by atoms with Gasteiger partial charge in [0.25, 0.3) is 5.92 Å². The van der Waals surface area contributed by atoms with Crippen LogP contribution in [0.1, 0.15) is 51.3 Å². The summed E-state index contributed by atoms with van der Waals surface area (Å²) in [5, 5.41) is 0. The second kappa shape index (κ2) is 6.56. The van der Waals surface area contributed by atoms with Gasteiger partial charge in [0, 0.05) is 18.2 Å². The molecule has 1 aromatic heterocycles. The zero-order chi connectivity index (χ0) is 19.1. The molecule has 140 valence electrons. The van der Waals surface area contributed by atoms with Crippen LogP contribution in [0.3, 0.4) is 0 Å². The molecule has 0 amide bonds. The van der Waals surface area contributed by atoms with E-state index in [1.807, 2.05) is 20.8 Å². The van der Waals surface area contributed by atoms with Gasteiger partial charge in [0.15, 0.2) is 17.4 Å². The second-order valence-corrected chi connectivity index (χ2v) is 7.75. The molecule has 3 rings (SSSR count). The Kier molecular flexibility index (Phi) is 4.71. The smallest absolute Gasteiger partial charge is 0.292 e. The van der Waals surface area contributed by atoms with Gasteiger partial charge in [-0.3, -0.25) is 4.98 Å². The first-order chi connectivity index (χ1) is 12.1. The predicted octanol–water partition coefficient (Wildman–Crippen LogP) is 6.34. The molecular formula is C20H21F4NO. The van der Waals surface area contributed by atoms with Crippen LogP contribution < -0.4 is 4.74 Å². The van der Waals surface area contributed by atoms with E-state index in [2.05, 4.69) is 4.98 Å². The van der Waals surface area contributed by atoms with Gasteiger partial charge in [-0.15, -0.1) is 0 Å². The number of nitrogens with zero attached hydrogens (tertiary/aromatic N) is 1. The predicted molar refractivity (Wildman–Crippen MR) is 90.6 cm³/mol. The number of rotatable bonds is 4. The fourth-order valence-corrected chi connectivity index (χ4v) is 2.85. The summed E-state index contributed by atoms with van der Waals surface area (Å²) in [5.74, 6) is -6.26. The third-order valence-electron chi connectivity index (χ3n) is 4.78. The third kappa shape index (κ3) is 3.55. The highest BCUT2D eigenvalue weighted by molar-refractivity contribution is 5.38. The molecule has 0 spiro atoms. The lowest BCUT2D eigenvalue weighted by molar-refractivity contribution is -0.0978. The van der Waals surface area contributed by atoms with Crippen molar-refractivity contribution < 1.29 is 22.3 Å². The van der Waals surface area contributed by atoms with E-state index in [0.29, 0.717) is 18.4 Å². The van der Waals surface area contributed by atoms with Crippen LogP contribution >= 0.6 is 0 Å². The Labute approximate surface area is 150 Å². The van der Waals surface area contributed by atoms with Crippen molar-refractivity contribution in [3.63, 3.8) is 0 Å². The lowest BCUT2D eigenvalue weighted by atomic mass is 9.79. The van der Waals surface area contributed by atoms with Crippen LogP contribution in [0.25, 0.3) is 0 Å². The van der Waals surface area contributed by atoms with Gasteiger partial charge >= 0.3 is 0 Å². The van der Waals surface area contributed by atoms with Crippen LogP contribution in [0.2, 0.25) is 0 Å². The van der Waals surface area contributed by atoms with Gasteiger partial charge in [0.2, 0.25) is 0 Å². The molecule has 1 saturated carbocycles. The van der Waals surface area contributed by atoms with E-state index in [-0.39, 0.29) is 5.75 Å². The Hall–Kier alpha value is -2.11. The average molecular weight is 367 g/mol. The van der Waals surface area contributed by atoms with Crippen molar-refractivity contribution in [2.45, 2.75) is 51.4 Å². The third-order valence-corrected chi connectivity index (χ3v) is 4.78. The van der Waals surface area contributed by atoms with Crippen LogP contribution in [0.4, 0.5) is 17.6 Å². The highest BCUT2D eigenvalue weighted by Crippen LogP contribution is 2.46. The fraction of sp³-hybridized carbons (Fsp3) is 0.450. The summed E-state index contributed by atoms with van der Waals surface area (Å²) in [7, 11) is 0. The molecule has 1 aromatic carbocycles. The minimum Gasteiger partial charge on any atom is -0.451 e. The zero-order valence-corrected chi connectivity index (χ0v) is 15.0. The van der Waals surface area contributed by atoms with Crippen molar-refractivity contribution >= 4 is 0 Å². The molecule has 0 bridgehead atoms. The van der Waals surface area contributed by atoms with Crippen molar-refractivity contribution in [3.8, 4) is 11.5 Å². The van der Waals surface area contributed by atoms with Gasteiger partial charge in [-0.1, -0.05) is 27.2 Å². The Morgan fingerprint density at radius 1 is 1.04 bits per heavy atom. The van der Waals surface area contributed by atoms with Crippen molar-refractivity contribution in [2.24, 2.45) is 5.92 Å². The molecule has 0 N–H and O–H groups in total. The Morgan fingerprint density at radius 3 is 2.15 bits per heavy atom. The van der Waals surface area contributed by atoms with E-state index >= 15 is 0 Å². The Morgan fingerprint density at radius 2 is 1.65 bits per heavy atom. The van der Waals surface area contributed by atoms with Gasteiger partial charge in [-0.2, -0.15) is 8.78 Å². The number of benzene rings is 1. The minimum atomic E-state index is -3.08. The van der Waals surface area contributed by atoms with Crippen LogP contribution in [-0.2, 0) is 11.3 Å². The van der Waals surface area contributed by atoms with Gasteiger partial charge < -0.3 is 4.74 Å². The first-order valence-electron chi connectivity index (χ1n) is 8.61. The molecule has 1 aliphatic carbocycles. The largest absolute Gasteiger partial charge is 0.451 e. The Bertz CT molecular complexity index is 787. The van der Waals surface area contributed by atoms with Crippen LogP contribution in [0, 0.1) is 17.6 Å². The molecule has 0 aliphatic heterocycles. The van der Waals surface area contributed by atoms with Gasteiger partial charge in [0.1, 0.15) is 11.4 Å². The summed E-state index contributed by atoms with van der Waals surface area (Å²) in [6.07, 6.45) is 2.82. The monoisotopic (exact) mass is 367 g/mol. The van der Waals surface area contributed by atoms with Crippen molar-refractivity contribution in [1.29, 1.82) is 0 Å². The summed E-state index contributed by atoms with van der Waals surface area (Å²) in [5.41, 5.74) is -0.395. The molecule has 0 saturated heterocycles. The molecule has 2 nitrogen and oxygen atoms in total. The number of halogens is 4. The summed E-state index contributed by atoms with van der Waals surface area (Å²) in [6.45, 7) is 5.50. The van der Waals surface area contributed by atoms with Crippen molar-refractivity contribution in [1.82, 2.24) is 4.98 Å². The maximum absolute atomic E-state index is 14.4. The fourth-order valence-electron chi connectivity index (χ4n) is 2.85. The highest BCUT2D eigenvalue weighted by Gasteiger charge is 2.45. The number of hydrogen-bond acceptors (Lipinski definition) is 2. The van der Waals surface area contributed by atoms with Gasteiger partial charge in [-0.05, 0) is 42.0 Å². The highest BCUT2D eigenvalue weighted by atomic mass is 19.3. The Balaban J connectivity index is 1.89. The first-order valence-corrected chi connectivity index (χ1v) is 8.61. The first kappa shape index (κ1) is 18.7. The number of aromatic nitrogens is 1. The molecule has 2 aromatic rings. The topological polar surface area (TPSA) is 22.1 Å². The summed E-state index contributed by atoms with van der Waals surface area (Å²) in [6, 6.07) is 4.75. The van der Waals surface area contributed by atoms with E-state index in [4.69, 9.17) is 4.74 Å². The van der Waals surface area contributed by atoms with E-state index in [1.165, 1.54) is 18.2 Å². The molecule has 1 fully saturated rings. The van der Waals surface area contributed by atoms with E-state index < -0.39 is 40.3 Å². The number of hydrogen-bond donors (Lipinski definition) is 0. The molecule has 0 atom stereocenters. The van der Waals surface area contributed by atoms with Crippen molar-refractivity contribution in [3.05, 3.63) is 53.4 Å². The molecule has 6 heteroatoms. The number of alkyl halides is 2. The van der Waals surface area contributed by atoms with E-state index in [0.717, 1.165) is 18.7 Å². The van der Waals surface area contributed by atoms with Crippen LogP contribution in [-0.4, -0.2) is 4.98 Å². The standard InChI is InChI=1S/C20H21F4NO/c1-19(2,3)13-9-15(21)18(16(22)10-13)26-14-7-8-25-17(11-14)20(23,24)12-5-4-6-12/h7-12H,4-6H2,1-3H3. The van der Waals surface area contributed by atoms with Crippen LogP contribution in [0.15, 0.2) is 30.5 Å². The van der Waals surface area contributed by atoms with E-state index in [1.54, 1.807) is 0 Å². The maximum atomic E-state index is 14.4. The quantitative estimate of drug-likeness (QED) is 0.588. The van der Waals surface area contributed by atoms with Crippen molar-refractivity contribution in [2.75, 3.05) is 0 Å². The average Bonchev–Trinajstić information content (AvgIpc) is 2.48. The minimum absolute atomic E-state index is 0.0738. The molecular weight excluding hydrogens is 346 g/mol. The molecule has 1 aliphatic rings. The SMILES string of the molecule is CC(C)(C)c1cc(F)c(Oc2ccnc(C(F)(F)C3CCC3)c2)c(F)c1. The molecule has 26 heavy (non-hydrogen) atoms. The normalized spacial score (nSPS) is 15.7. The molecule has 0 radical (unpaired) electrons. The summed E-state index contributed by atoms with van der Waals surface area (Å²) >= 11 is 0. The zero-order valence-electron chi connectivity index (χ0n) is 15.0. The summed E-state index contributed by atoms with van der Waals surface area (Å²) in [4.78, 5) is 3.73. The van der Waals surface area contributed by atoms with Gasteiger partial charge in [0.05, 0.1) is 0 Å². The van der Waals surface area contributed by atoms with Gasteiger partial charge in [-0.25, -0.2) is 8.78 Å². The lowest BCUT2D eigenvalue weighted by Gasteiger charge is -2.32. The number of pyridine rings is 1. The molecule has 1 heterocycles. The number of ether oxygens (including phenoxy) is 1. The summed E-state index contributed by atoms with van der Waals surface area (Å²) < 4.78 is 62.7. The second-order valence-electron chi connectivity index (χ2n) is 7.75.